The van der Waals surface area contributed by atoms with Crippen LogP contribution in [-0.4, -0.2) is 39.4 Å². The Kier molecular flexibility index (Phi) is 7.32. The Morgan fingerprint density at radius 1 is 1.05 bits per heavy atom. The van der Waals surface area contributed by atoms with Crippen molar-refractivity contribution in [3.8, 4) is 0 Å². The van der Waals surface area contributed by atoms with E-state index in [1.54, 1.807) is 12.1 Å². The second-order valence-corrected chi connectivity index (χ2v) is 11.8. The van der Waals surface area contributed by atoms with Crippen molar-refractivity contribution in [2.75, 3.05) is 25.0 Å². The summed E-state index contributed by atoms with van der Waals surface area (Å²) in [4.78, 5) is 19.0. The van der Waals surface area contributed by atoms with Gasteiger partial charge in [-0.3, -0.25) is 4.79 Å². The normalized spacial score (nSPS) is 15.1. The SMILES string of the molecule is CNS(=O)(=O)c1c[nH]c2ccc(CC(=O)NC(c3ccc(C)o3)c3ccc(C)cc3N3CCCCC3)cc12. The molecule has 0 spiro atoms. The van der Waals surface area contributed by atoms with Gasteiger partial charge in [-0.05, 0) is 81.6 Å². The lowest BCUT2D eigenvalue weighted by molar-refractivity contribution is -0.121. The summed E-state index contributed by atoms with van der Waals surface area (Å²) >= 11 is 0. The molecule has 3 N–H and O–H groups in total. The van der Waals surface area contributed by atoms with E-state index in [1.807, 2.05) is 25.1 Å². The molecule has 1 unspecified atom stereocenters. The smallest absolute Gasteiger partial charge is 0.242 e. The lowest BCUT2D eigenvalue weighted by Crippen LogP contribution is -2.34. The molecule has 2 aromatic carbocycles. The number of aromatic nitrogens is 1. The highest BCUT2D eigenvalue weighted by atomic mass is 32.2. The maximum absolute atomic E-state index is 13.4. The van der Waals surface area contributed by atoms with Crippen molar-refractivity contribution in [2.45, 2.75) is 50.5 Å². The van der Waals surface area contributed by atoms with Crippen molar-refractivity contribution >= 4 is 32.5 Å². The first kappa shape index (κ1) is 26.1. The summed E-state index contributed by atoms with van der Waals surface area (Å²) in [5, 5.41) is 3.76. The van der Waals surface area contributed by atoms with Crippen LogP contribution in [0.2, 0.25) is 0 Å². The predicted octanol–water partition coefficient (Wildman–Crippen LogP) is 4.72. The van der Waals surface area contributed by atoms with Gasteiger partial charge in [-0.1, -0.05) is 18.2 Å². The van der Waals surface area contributed by atoms with Crippen LogP contribution in [0.25, 0.3) is 10.9 Å². The third kappa shape index (κ3) is 5.35. The molecule has 1 aliphatic rings. The Hall–Kier alpha value is -3.56. The fourth-order valence-corrected chi connectivity index (χ4v) is 6.09. The van der Waals surface area contributed by atoms with Crippen LogP contribution in [0, 0.1) is 13.8 Å². The number of nitrogens with zero attached hydrogens (tertiary/aromatic N) is 1. The fourth-order valence-electron chi connectivity index (χ4n) is 5.20. The molecule has 1 atom stereocenters. The van der Waals surface area contributed by atoms with Gasteiger partial charge in [-0.15, -0.1) is 0 Å². The van der Waals surface area contributed by atoms with Crippen LogP contribution >= 0.6 is 0 Å². The molecule has 200 valence electrons. The van der Waals surface area contributed by atoms with E-state index in [1.165, 1.54) is 25.2 Å². The van der Waals surface area contributed by atoms with E-state index in [9.17, 15) is 13.2 Å². The number of aromatic amines is 1. The minimum Gasteiger partial charge on any atom is -0.464 e. The van der Waals surface area contributed by atoms with E-state index < -0.39 is 16.1 Å². The van der Waals surface area contributed by atoms with Crippen LogP contribution < -0.4 is 14.9 Å². The number of carbonyl (C=O) groups excluding carboxylic acids is 1. The first-order valence-electron chi connectivity index (χ1n) is 13.0. The summed E-state index contributed by atoms with van der Waals surface area (Å²) < 4.78 is 33.2. The van der Waals surface area contributed by atoms with Gasteiger partial charge < -0.3 is 19.6 Å². The van der Waals surface area contributed by atoms with Gasteiger partial charge in [0.15, 0.2) is 0 Å². The van der Waals surface area contributed by atoms with Gasteiger partial charge in [-0.25, -0.2) is 13.1 Å². The molecular weight excluding hydrogens is 500 g/mol. The van der Waals surface area contributed by atoms with Crippen molar-refractivity contribution in [2.24, 2.45) is 0 Å². The Bertz CT molecular complexity index is 1560. The molecule has 1 amide bonds. The van der Waals surface area contributed by atoms with E-state index >= 15 is 0 Å². The van der Waals surface area contributed by atoms with Crippen molar-refractivity contribution in [1.29, 1.82) is 0 Å². The minimum atomic E-state index is -3.63. The number of amides is 1. The molecule has 9 heteroatoms. The summed E-state index contributed by atoms with van der Waals surface area (Å²) in [6.45, 7) is 5.96. The second kappa shape index (κ2) is 10.7. The summed E-state index contributed by atoms with van der Waals surface area (Å²) in [5.41, 5.74) is 4.71. The maximum Gasteiger partial charge on any atom is 0.242 e. The van der Waals surface area contributed by atoms with E-state index in [2.05, 4.69) is 45.0 Å². The molecule has 2 aromatic heterocycles. The average Bonchev–Trinajstić information content (AvgIpc) is 3.54. The Balaban J connectivity index is 1.46. The van der Waals surface area contributed by atoms with E-state index in [4.69, 9.17) is 4.42 Å². The second-order valence-electron chi connectivity index (χ2n) is 9.98. The van der Waals surface area contributed by atoms with Gasteiger partial charge in [0.1, 0.15) is 22.5 Å². The number of sulfonamides is 1. The molecule has 38 heavy (non-hydrogen) atoms. The average molecular weight is 535 g/mol. The van der Waals surface area contributed by atoms with Crippen LogP contribution in [-0.2, 0) is 21.2 Å². The third-order valence-corrected chi connectivity index (χ3v) is 8.63. The van der Waals surface area contributed by atoms with Gasteiger partial charge in [0.05, 0.1) is 6.42 Å². The van der Waals surface area contributed by atoms with Gasteiger partial charge in [0.25, 0.3) is 0 Å². The molecule has 0 bridgehead atoms. The number of fused-ring (bicyclic) bond motifs is 1. The maximum atomic E-state index is 13.4. The van der Waals surface area contributed by atoms with Gasteiger partial charge in [0.2, 0.25) is 15.9 Å². The molecule has 1 fully saturated rings. The molecule has 8 nitrogen and oxygen atoms in total. The summed E-state index contributed by atoms with van der Waals surface area (Å²) in [5.74, 6) is 1.28. The van der Waals surface area contributed by atoms with Gasteiger partial charge in [-0.2, -0.15) is 0 Å². The first-order chi connectivity index (χ1) is 18.2. The summed E-state index contributed by atoms with van der Waals surface area (Å²) in [6, 6.07) is 15.1. The zero-order valence-corrected chi connectivity index (χ0v) is 22.8. The highest BCUT2D eigenvalue weighted by Gasteiger charge is 2.26. The number of anilines is 1. The number of aryl methyl sites for hydroxylation is 2. The number of benzene rings is 2. The van der Waals surface area contributed by atoms with Crippen LogP contribution in [0.4, 0.5) is 5.69 Å². The number of piperidine rings is 1. The number of rotatable bonds is 8. The van der Waals surface area contributed by atoms with Crippen molar-refractivity contribution in [3.05, 3.63) is 82.9 Å². The summed E-state index contributed by atoms with van der Waals surface area (Å²) in [6.07, 6.45) is 5.10. The molecular formula is C29H34N4O4S. The molecule has 5 rings (SSSR count). The summed E-state index contributed by atoms with van der Waals surface area (Å²) in [7, 11) is -2.25. The fraction of sp³-hybridized carbons (Fsp3) is 0.345. The number of hydrogen-bond donors (Lipinski definition) is 3. The molecule has 1 saturated heterocycles. The van der Waals surface area contributed by atoms with Gasteiger partial charge >= 0.3 is 0 Å². The Morgan fingerprint density at radius 2 is 1.84 bits per heavy atom. The molecule has 0 radical (unpaired) electrons. The van der Waals surface area contributed by atoms with E-state index in [0.717, 1.165) is 48.5 Å². The van der Waals surface area contributed by atoms with Crippen LogP contribution in [0.1, 0.15) is 53.5 Å². The lowest BCUT2D eigenvalue weighted by Gasteiger charge is -2.32. The molecule has 0 saturated carbocycles. The topological polar surface area (TPSA) is 107 Å². The molecule has 3 heterocycles. The van der Waals surface area contributed by atoms with E-state index in [0.29, 0.717) is 16.7 Å². The molecule has 0 aliphatic carbocycles. The quantitative estimate of drug-likeness (QED) is 0.303. The first-order valence-corrected chi connectivity index (χ1v) is 14.5. The lowest BCUT2D eigenvalue weighted by atomic mass is 9.97. The van der Waals surface area contributed by atoms with Crippen molar-refractivity contribution < 1.29 is 17.6 Å². The highest BCUT2D eigenvalue weighted by Crippen LogP contribution is 2.34. The van der Waals surface area contributed by atoms with Crippen molar-refractivity contribution in [1.82, 2.24) is 15.0 Å². The largest absolute Gasteiger partial charge is 0.464 e. The van der Waals surface area contributed by atoms with Crippen LogP contribution in [0.5, 0.6) is 0 Å². The Labute approximate surface area is 223 Å². The Morgan fingerprint density at radius 3 is 2.55 bits per heavy atom. The number of nitrogens with one attached hydrogen (secondary N) is 3. The minimum absolute atomic E-state index is 0.0985. The molecule has 1 aliphatic heterocycles. The number of H-pyrrole nitrogens is 1. The zero-order chi connectivity index (χ0) is 26.9. The molecule has 4 aromatic rings. The monoisotopic (exact) mass is 534 g/mol. The standard InChI is InChI=1S/C29H34N4O4S/c1-19-7-10-22(25(15-19)33-13-5-4-6-14-33)29(26-12-8-20(2)37-26)32-28(34)17-21-9-11-24-23(16-21)27(18-31-24)38(35,36)30-3/h7-12,15-16,18,29-31H,4-6,13-14,17H2,1-3H3,(H,32,34). The van der Waals surface area contributed by atoms with Gasteiger partial charge in [0, 0.05) is 41.4 Å². The number of hydrogen-bond acceptors (Lipinski definition) is 5. The van der Waals surface area contributed by atoms with Crippen molar-refractivity contribution in [3.63, 3.8) is 0 Å². The van der Waals surface area contributed by atoms with E-state index in [-0.39, 0.29) is 17.2 Å². The predicted molar refractivity (Wildman–Crippen MR) is 149 cm³/mol. The zero-order valence-electron chi connectivity index (χ0n) is 22.0. The van der Waals surface area contributed by atoms with Crippen LogP contribution in [0.15, 0.2) is 64.0 Å². The number of furan rings is 1. The number of carbonyl (C=O) groups is 1. The highest BCUT2D eigenvalue weighted by molar-refractivity contribution is 7.89. The third-order valence-electron chi connectivity index (χ3n) is 7.18. The van der Waals surface area contributed by atoms with Crippen LogP contribution in [0.3, 0.4) is 0 Å².